The fraction of sp³-hybridized carbons (Fsp3) is 0.333. The molecule has 0 aliphatic carbocycles. The Bertz CT molecular complexity index is 899. The van der Waals surface area contributed by atoms with E-state index < -0.39 is 15.9 Å². The Labute approximate surface area is 174 Å². The van der Waals surface area contributed by atoms with Gasteiger partial charge in [0.25, 0.3) is 10.0 Å². The fourth-order valence-electron chi connectivity index (χ4n) is 2.35. The van der Waals surface area contributed by atoms with Crippen molar-refractivity contribution >= 4 is 44.8 Å². The highest BCUT2D eigenvalue weighted by Gasteiger charge is 2.26. The Hall–Kier alpha value is -1.94. The summed E-state index contributed by atoms with van der Waals surface area (Å²) in [5.41, 5.74) is 0.883. The topological polar surface area (TPSA) is 86.8 Å². The van der Waals surface area contributed by atoms with Crippen LogP contribution in [0, 0.1) is 0 Å². The average molecular weight is 444 g/mol. The molecule has 0 aliphatic heterocycles. The first kappa shape index (κ1) is 22.4. The molecule has 0 saturated heterocycles. The van der Waals surface area contributed by atoms with Crippen molar-refractivity contribution in [2.24, 2.45) is 0 Å². The lowest BCUT2D eigenvalue weighted by Crippen LogP contribution is -2.45. The molecule has 1 aromatic carbocycles. The summed E-state index contributed by atoms with van der Waals surface area (Å²) in [6.45, 7) is 1.86. The molecule has 0 spiro atoms. The van der Waals surface area contributed by atoms with Crippen molar-refractivity contribution in [2.75, 3.05) is 26.7 Å². The second kappa shape index (κ2) is 10.0. The molecule has 1 aromatic heterocycles. The van der Waals surface area contributed by atoms with Crippen LogP contribution in [0.1, 0.15) is 12.5 Å². The summed E-state index contributed by atoms with van der Waals surface area (Å²) in [5.74, 6) is -0.763. The predicted molar refractivity (Wildman–Crippen MR) is 110 cm³/mol. The van der Waals surface area contributed by atoms with Gasteiger partial charge in [0.05, 0.1) is 13.1 Å². The predicted octanol–water partition coefficient (Wildman–Crippen LogP) is 2.19. The van der Waals surface area contributed by atoms with Gasteiger partial charge in [0.15, 0.2) is 0 Å². The van der Waals surface area contributed by atoms with Gasteiger partial charge >= 0.3 is 0 Å². The molecule has 7 nitrogen and oxygen atoms in total. The SMILES string of the molecule is CCN(CC(=O)NCc1ccc(Cl)cc1)C(=O)CN(C)S(=O)(=O)c1cccs1. The number of thiophene rings is 1. The first-order valence-corrected chi connectivity index (χ1v) is 11.2. The maximum absolute atomic E-state index is 12.5. The molecule has 28 heavy (non-hydrogen) atoms. The number of benzene rings is 1. The number of nitrogens with one attached hydrogen (secondary N) is 1. The number of hydrogen-bond donors (Lipinski definition) is 1. The van der Waals surface area contributed by atoms with Crippen molar-refractivity contribution in [2.45, 2.75) is 17.7 Å². The van der Waals surface area contributed by atoms with Gasteiger partial charge < -0.3 is 10.2 Å². The molecular weight excluding hydrogens is 422 g/mol. The van der Waals surface area contributed by atoms with Crippen molar-refractivity contribution in [3.05, 3.63) is 52.4 Å². The lowest BCUT2D eigenvalue weighted by Gasteiger charge is -2.23. The fourth-order valence-corrected chi connectivity index (χ4v) is 4.80. The Kier molecular flexibility index (Phi) is 7.99. The van der Waals surface area contributed by atoms with Crippen LogP contribution in [0.3, 0.4) is 0 Å². The summed E-state index contributed by atoms with van der Waals surface area (Å²) in [4.78, 5) is 26.0. The van der Waals surface area contributed by atoms with Gasteiger partial charge in [-0.15, -0.1) is 11.3 Å². The molecule has 0 bridgehead atoms. The van der Waals surface area contributed by atoms with Crippen molar-refractivity contribution in [3.63, 3.8) is 0 Å². The Morgan fingerprint density at radius 3 is 2.39 bits per heavy atom. The molecule has 2 amide bonds. The van der Waals surface area contributed by atoms with E-state index in [0.717, 1.165) is 21.2 Å². The number of amides is 2. The van der Waals surface area contributed by atoms with E-state index in [4.69, 9.17) is 11.6 Å². The smallest absolute Gasteiger partial charge is 0.252 e. The van der Waals surface area contributed by atoms with Crippen molar-refractivity contribution < 1.29 is 18.0 Å². The minimum Gasteiger partial charge on any atom is -0.350 e. The molecule has 0 radical (unpaired) electrons. The summed E-state index contributed by atoms with van der Waals surface area (Å²) in [7, 11) is -2.37. The minimum absolute atomic E-state index is 0.143. The summed E-state index contributed by atoms with van der Waals surface area (Å²) in [5, 5.41) is 5.01. The van der Waals surface area contributed by atoms with Gasteiger partial charge in [0, 0.05) is 25.2 Å². The Morgan fingerprint density at radius 2 is 1.82 bits per heavy atom. The van der Waals surface area contributed by atoms with E-state index in [1.165, 1.54) is 18.0 Å². The van der Waals surface area contributed by atoms with E-state index >= 15 is 0 Å². The van der Waals surface area contributed by atoms with E-state index in [-0.39, 0.29) is 23.2 Å². The molecule has 1 heterocycles. The average Bonchev–Trinajstić information content (AvgIpc) is 3.21. The quantitative estimate of drug-likeness (QED) is 0.643. The highest BCUT2D eigenvalue weighted by atomic mass is 35.5. The van der Waals surface area contributed by atoms with Gasteiger partial charge in [0.1, 0.15) is 4.21 Å². The van der Waals surface area contributed by atoms with Crippen LogP contribution >= 0.6 is 22.9 Å². The lowest BCUT2D eigenvalue weighted by atomic mass is 10.2. The number of carbonyl (C=O) groups excluding carboxylic acids is 2. The molecular formula is C18H22ClN3O4S2. The molecule has 2 aromatic rings. The van der Waals surface area contributed by atoms with E-state index in [9.17, 15) is 18.0 Å². The zero-order valence-electron chi connectivity index (χ0n) is 15.6. The molecule has 0 aliphatic rings. The summed E-state index contributed by atoms with van der Waals surface area (Å²) in [6, 6.07) is 10.2. The monoisotopic (exact) mass is 443 g/mol. The van der Waals surface area contributed by atoms with Crippen molar-refractivity contribution in [1.82, 2.24) is 14.5 Å². The van der Waals surface area contributed by atoms with Crippen LogP contribution in [0.25, 0.3) is 0 Å². The highest BCUT2D eigenvalue weighted by molar-refractivity contribution is 7.91. The van der Waals surface area contributed by atoms with E-state index in [2.05, 4.69) is 5.32 Å². The minimum atomic E-state index is -3.72. The second-order valence-electron chi connectivity index (χ2n) is 6.00. The lowest BCUT2D eigenvalue weighted by molar-refractivity contribution is -0.135. The number of halogens is 1. The largest absolute Gasteiger partial charge is 0.350 e. The van der Waals surface area contributed by atoms with Crippen LogP contribution < -0.4 is 5.32 Å². The standard InChI is InChI=1S/C18H22ClN3O4S2/c1-3-22(12-16(23)20-11-14-6-8-15(19)9-7-14)17(24)13-21(2)28(25,26)18-5-4-10-27-18/h4-10H,3,11-13H2,1-2H3,(H,20,23). The number of hydrogen-bond acceptors (Lipinski definition) is 5. The number of likely N-dealkylation sites (N-methyl/N-ethyl adjacent to an activating group) is 2. The van der Waals surface area contributed by atoms with Crippen LogP contribution in [0.2, 0.25) is 5.02 Å². The maximum Gasteiger partial charge on any atom is 0.252 e. The highest BCUT2D eigenvalue weighted by Crippen LogP contribution is 2.19. The Balaban J connectivity index is 1.89. The number of nitrogens with zero attached hydrogens (tertiary/aromatic N) is 2. The third-order valence-electron chi connectivity index (χ3n) is 3.99. The van der Waals surface area contributed by atoms with Crippen LogP contribution in [-0.4, -0.2) is 56.1 Å². The zero-order valence-corrected chi connectivity index (χ0v) is 18.0. The zero-order chi connectivity index (χ0) is 20.7. The van der Waals surface area contributed by atoms with Crippen LogP contribution in [0.15, 0.2) is 46.0 Å². The molecule has 2 rings (SSSR count). The van der Waals surface area contributed by atoms with Crippen molar-refractivity contribution in [1.29, 1.82) is 0 Å². The second-order valence-corrected chi connectivity index (χ2v) is 9.66. The van der Waals surface area contributed by atoms with E-state index in [1.54, 1.807) is 42.6 Å². The van der Waals surface area contributed by atoms with Crippen LogP contribution in [0.5, 0.6) is 0 Å². The summed E-state index contributed by atoms with van der Waals surface area (Å²) >= 11 is 6.91. The summed E-state index contributed by atoms with van der Waals surface area (Å²) < 4.78 is 26.0. The molecule has 0 saturated carbocycles. The molecule has 152 valence electrons. The number of sulfonamides is 1. The van der Waals surface area contributed by atoms with Gasteiger partial charge in [-0.2, -0.15) is 4.31 Å². The third kappa shape index (κ3) is 6.03. The van der Waals surface area contributed by atoms with Crippen molar-refractivity contribution in [3.8, 4) is 0 Å². The first-order valence-electron chi connectivity index (χ1n) is 8.52. The normalized spacial score (nSPS) is 11.4. The molecule has 0 unspecified atom stereocenters. The van der Waals surface area contributed by atoms with Gasteiger partial charge in [-0.1, -0.05) is 29.8 Å². The van der Waals surface area contributed by atoms with Gasteiger partial charge in [-0.05, 0) is 36.1 Å². The van der Waals surface area contributed by atoms with E-state index in [1.807, 2.05) is 0 Å². The van der Waals surface area contributed by atoms with Gasteiger partial charge in [0.2, 0.25) is 11.8 Å². The maximum atomic E-state index is 12.5. The van der Waals surface area contributed by atoms with Crippen LogP contribution in [0.4, 0.5) is 0 Å². The van der Waals surface area contributed by atoms with Crippen LogP contribution in [-0.2, 0) is 26.2 Å². The Morgan fingerprint density at radius 1 is 1.14 bits per heavy atom. The number of rotatable bonds is 9. The van der Waals surface area contributed by atoms with Gasteiger partial charge in [-0.3, -0.25) is 9.59 Å². The molecule has 0 atom stereocenters. The molecule has 1 N–H and O–H groups in total. The summed E-state index contributed by atoms with van der Waals surface area (Å²) in [6.07, 6.45) is 0. The molecule has 10 heteroatoms. The van der Waals surface area contributed by atoms with Gasteiger partial charge in [-0.25, -0.2) is 8.42 Å². The first-order chi connectivity index (χ1) is 13.2. The molecule has 0 fully saturated rings. The third-order valence-corrected chi connectivity index (χ3v) is 7.42. The number of carbonyl (C=O) groups is 2. The van der Waals surface area contributed by atoms with E-state index in [0.29, 0.717) is 18.1 Å².